The molecule has 0 saturated heterocycles. The number of hydrogen-bond acceptors (Lipinski definition) is 3. The van der Waals surface area contributed by atoms with Gasteiger partial charge in [0.25, 0.3) is 5.91 Å². The van der Waals surface area contributed by atoms with Crippen molar-refractivity contribution in [2.45, 2.75) is 13.3 Å². The smallest absolute Gasteiger partial charge is 0.274 e. The van der Waals surface area contributed by atoms with Crippen molar-refractivity contribution in [3.8, 4) is 0 Å². The molecule has 0 bridgehead atoms. The molecule has 0 aliphatic carbocycles. The van der Waals surface area contributed by atoms with E-state index >= 15 is 0 Å². The van der Waals surface area contributed by atoms with Gasteiger partial charge < -0.3 is 10.6 Å². The summed E-state index contributed by atoms with van der Waals surface area (Å²) >= 11 is 6.00. The lowest BCUT2D eigenvalue weighted by Gasteiger charge is -2.09. The molecule has 26 heavy (non-hydrogen) atoms. The molecule has 132 valence electrons. The van der Waals surface area contributed by atoms with Gasteiger partial charge in [-0.15, -0.1) is 0 Å². The van der Waals surface area contributed by atoms with Gasteiger partial charge in [0, 0.05) is 29.1 Å². The van der Waals surface area contributed by atoms with Gasteiger partial charge in [-0.2, -0.15) is 0 Å². The number of nitrogens with one attached hydrogen (secondary N) is 2. The minimum atomic E-state index is -0.229. The fraction of sp³-hybridized carbons (Fsp3) is 0.143. The summed E-state index contributed by atoms with van der Waals surface area (Å²) in [5.41, 5.74) is 4.29. The first kappa shape index (κ1) is 18.0. The van der Waals surface area contributed by atoms with Crippen LogP contribution in [0.3, 0.4) is 0 Å². The summed E-state index contributed by atoms with van der Waals surface area (Å²) < 4.78 is 0. The fourth-order valence-corrected chi connectivity index (χ4v) is 2.75. The number of nitrogens with zero attached hydrogens (tertiary/aromatic N) is 1. The zero-order valence-electron chi connectivity index (χ0n) is 14.5. The Morgan fingerprint density at radius 2 is 1.85 bits per heavy atom. The van der Waals surface area contributed by atoms with Crippen molar-refractivity contribution in [3.05, 3.63) is 88.7 Å². The van der Waals surface area contributed by atoms with Gasteiger partial charge in [-0.25, -0.2) is 0 Å². The molecular weight excluding hydrogens is 346 g/mol. The molecular formula is C21H20ClN3O. The van der Waals surface area contributed by atoms with Gasteiger partial charge in [0.1, 0.15) is 5.69 Å². The molecule has 3 aromatic rings. The van der Waals surface area contributed by atoms with Gasteiger partial charge in [-0.1, -0.05) is 41.4 Å². The van der Waals surface area contributed by atoms with Crippen LogP contribution in [0.1, 0.15) is 21.6 Å². The highest BCUT2D eigenvalue weighted by Crippen LogP contribution is 2.14. The summed E-state index contributed by atoms with van der Waals surface area (Å²) in [5, 5.41) is 6.91. The molecule has 1 aromatic heterocycles. The van der Waals surface area contributed by atoms with Gasteiger partial charge >= 0.3 is 0 Å². The van der Waals surface area contributed by atoms with E-state index in [2.05, 4.69) is 15.6 Å². The molecule has 1 heterocycles. The van der Waals surface area contributed by atoms with E-state index in [0.717, 1.165) is 40.5 Å². The summed E-state index contributed by atoms with van der Waals surface area (Å²) in [7, 11) is 0. The molecule has 2 N–H and O–H groups in total. The molecule has 0 unspecified atom stereocenters. The monoisotopic (exact) mass is 365 g/mol. The SMILES string of the molecule is Cc1ccc(NC(=O)c2cc(NCCc3cccc(Cl)c3)ccn2)cc1. The molecule has 0 aliphatic rings. The maximum Gasteiger partial charge on any atom is 0.274 e. The van der Waals surface area contributed by atoms with E-state index in [-0.39, 0.29) is 5.91 Å². The van der Waals surface area contributed by atoms with E-state index in [0.29, 0.717) is 5.69 Å². The van der Waals surface area contributed by atoms with E-state index < -0.39 is 0 Å². The Labute approximate surface area is 158 Å². The van der Waals surface area contributed by atoms with Crippen LogP contribution < -0.4 is 10.6 Å². The van der Waals surface area contributed by atoms with E-state index in [1.807, 2.05) is 61.5 Å². The number of aryl methyl sites for hydroxylation is 1. The lowest BCUT2D eigenvalue weighted by atomic mass is 10.1. The minimum absolute atomic E-state index is 0.229. The summed E-state index contributed by atoms with van der Waals surface area (Å²) in [6, 6.07) is 19.1. The molecule has 2 aromatic carbocycles. The first-order chi connectivity index (χ1) is 12.6. The predicted molar refractivity (Wildman–Crippen MR) is 107 cm³/mol. The average molecular weight is 366 g/mol. The summed E-state index contributed by atoms with van der Waals surface area (Å²) in [4.78, 5) is 16.5. The van der Waals surface area contributed by atoms with E-state index in [1.54, 1.807) is 12.3 Å². The van der Waals surface area contributed by atoms with Gasteiger partial charge in [0.05, 0.1) is 0 Å². The first-order valence-electron chi connectivity index (χ1n) is 8.42. The van der Waals surface area contributed by atoms with Gasteiger partial charge in [0.2, 0.25) is 0 Å². The molecule has 0 atom stereocenters. The third kappa shape index (κ3) is 5.07. The van der Waals surface area contributed by atoms with E-state index in [9.17, 15) is 4.79 Å². The third-order valence-corrected chi connectivity index (χ3v) is 4.17. The highest BCUT2D eigenvalue weighted by Gasteiger charge is 2.08. The lowest BCUT2D eigenvalue weighted by Crippen LogP contribution is -2.14. The fourth-order valence-electron chi connectivity index (χ4n) is 2.54. The van der Waals surface area contributed by atoms with E-state index in [4.69, 9.17) is 11.6 Å². The first-order valence-corrected chi connectivity index (χ1v) is 8.80. The van der Waals surface area contributed by atoms with Gasteiger partial charge in [-0.05, 0) is 55.3 Å². The number of hydrogen-bond donors (Lipinski definition) is 2. The number of amides is 1. The zero-order valence-corrected chi connectivity index (χ0v) is 15.3. The van der Waals surface area contributed by atoms with Crippen LogP contribution in [0.4, 0.5) is 11.4 Å². The zero-order chi connectivity index (χ0) is 18.4. The number of rotatable bonds is 6. The molecule has 3 rings (SSSR count). The molecule has 0 spiro atoms. The van der Waals surface area contributed by atoms with Crippen molar-refractivity contribution in [3.63, 3.8) is 0 Å². The highest BCUT2D eigenvalue weighted by atomic mass is 35.5. The molecule has 1 amide bonds. The molecule has 0 saturated carbocycles. The second kappa shape index (κ2) is 8.50. The lowest BCUT2D eigenvalue weighted by molar-refractivity contribution is 0.102. The number of aromatic nitrogens is 1. The van der Waals surface area contributed by atoms with Crippen LogP contribution in [0.15, 0.2) is 66.9 Å². The second-order valence-corrected chi connectivity index (χ2v) is 6.49. The third-order valence-electron chi connectivity index (χ3n) is 3.93. The predicted octanol–water partition coefficient (Wildman–Crippen LogP) is 4.95. The Bertz CT molecular complexity index is 894. The largest absolute Gasteiger partial charge is 0.385 e. The van der Waals surface area contributed by atoms with Crippen LogP contribution in [0.2, 0.25) is 5.02 Å². The van der Waals surface area contributed by atoms with Crippen molar-refractivity contribution in [1.82, 2.24) is 4.98 Å². The quantitative estimate of drug-likeness (QED) is 0.649. The van der Waals surface area contributed by atoms with Crippen molar-refractivity contribution < 1.29 is 4.79 Å². The Morgan fingerprint density at radius 1 is 1.04 bits per heavy atom. The normalized spacial score (nSPS) is 10.4. The molecule has 0 fully saturated rings. The minimum Gasteiger partial charge on any atom is -0.385 e. The molecule has 4 nitrogen and oxygen atoms in total. The van der Waals surface area contributed by atoms with Crippen LogP contribution in [0.25, 0.3) is 0 Å². The number of pyridine rings is 1. The van der Waals surface area contributed by atoms with Crippen LogP contribution in [0.5, 0.6) is 0 Å². The molecule has 0 radical (unpaired) electrons. The second-order valence-electron chi connectivity index (χ2n) is 6.06. The maximum absolute atomic E-state index is 12.4. The Hall–Kier alpha value is -2.85. The highest BCUT2D eigenvalue weighted by molar-refractivity contribution is 6.30. The van der Waals surface area contributed by atoms with Crippen LogP contribution in [-0.2, 0) is 6.42 Å². The van der Waals surface area contributed by atoms with Crippen molar-refractivity contribution in [2.75, 3.05) is 17.2 Å². The van der Waals surface area contributed by atoms with Crippen LogP contribution >= 0.6 is 11.6 Å². The van der Waals surface area contributed by atoms with Crippen LogP contribution in [0, 0.1) is 6.92 Å². The standard InChI is InChI=1S/C21H20ClN3O/c1-15-5-7-18(8-6-15)25-21(26)20-14-19(10-12-24-20)23-11-9-16-3-2-4-17(22)13-16/h2-8,10,12-14H,9,11H2,1H3,(H,23,24)(H,25,26). The average Bonchev–Trinajstić information content (AvgIpc) is 2.64. The van der Waals surface area contributed by atoms with Crippen molar-refractivity contribution in [2.24, 2.45) is 0 Å². The number of anilines is 2. The van der Waals surface area contributed by atoms with Crippen molar-refractivity contribution >= 4 is 28.9 Å². The number of carbonyl (C=O) groups excluding carboxylic acids is 1. The van der Waals surface area contributed by atoms with Gasteiger partial charge in [0.15, 0.2) is 0 Å². The Kier molecular flexibility index (Phi) is 5.87. The van der Waals surface area contributed by atoms with E-state index in [1.165, 1.54) is 0 Å². The molecule has 5 heteroatoms. The number of halogens is 1. The molecule has 0 aliphatic heterocycles. The maximum atomic E-state index is 12.4. The number of benzene rings is 2. The Morgan fingerprint density at radius 3 is 2.62 bits per heavy atom. The summed E-state index contributed by atoms with van der Waals surface area (Å²) in [5.74, 6) is -0.229. The topological polar surface area (TPSA) is 54.0 Å². The van der Waals surface area contributed by atoms with Crippen LogP contribution in [-0.4, -0.2) is 17.4 Å². The van der Waals surface area contributed by atoms with Gasteiger partial charge in [-0.3, -0.25) is 9.78 Å². The van der Waals surface area contributed by atoms with Crippen molar-refractivity contribution in [1.29, 1.82) is 0 Å². The summed E-state index contributed by atoms with van der Waals surface area (Å²) in [6.45, 7) is 2.75. The summed E-state index contributed by atoms with van der Waals surface area (Å²) in [6.07, 6.45) is 2.47. The number of carbonyl (C=O) groups is 1. The Balaban J connectivity index is 1.58.